The van der Waals surface area contributed by atoms with Crippen molar-refractivity contribution < 1.29 is 30.4 Å². The van der Waals surface area contributed by atoms with Gasteiger partial charge in [-0.3, -0.25) is 0 Å². The second-order valence-electron chi connectivity index (χ2n) is 16.5. The number of hydrogen-bond acceptors (Lipinski definition) is 4. The molecule has 52 heavy (non-hydrogen) atoms. The number of benzene rings is 1. The molecule has 1 aromatic carbocycles. The van der Waals surface area contributed by atoms with Crippen molar-refractivity contribution >= 4 is 59.5 Å². The minimum absolute atomic E-state index is 0.0790. The van der Waals surface area contributed by atoms with Crippen molar-refractivity contribution in [1.29, 1.82) is 0 Å². The van der Waals surface area contributed by atoms with E-state index in [1.807, 2.05) is 34.9 Å². The van der Waals surface area contributed by atoms with Crippen LogP contribution in [0.1, 0.15) is 160 Å². The normalized spacial score (nSPS) is 26.1. The Morgan fingerprint density at radius 1 is 0.442 bits per heavy atom. The molecule has 6 aliphatic rings. The van der Waals surface area contributed by atoms with Gasteiger partial charge in [-0.2, -0.15) is 0 Å². The van der Waals surface area contributed by atoms with Gasteiger partial charge in [-0.1, -0.05) is 92.9 Å². The average Bonchev–Trinajstić information content (AvgIpc) is 3.16. The van der Waals surface area contributed by atoms with Crippen molar-refractivity contribution in [3.63, 3.8) is 0 Å². The van der Waals surface area contributed by atoms with Crippen LogP contribution in [-0.2, 0) is 33.2 Å². The number of rotatable bonds is 7. The SMILES string of the molecule is O=S1(=O)CCC(P(C2CCCCC2)C2CCCCC2)CC1.O=S1(=O)CCC(P(C2CCCCC2)C2CCCCC2)CC1.[Cl][Ru]([Cl])=[CH]c1ccccc1. The molecule has 2 aliphatic heterocycles. The van der Waals surface area contributed by atoms with Crippen molar-refractivity contribution in [2.75, 3.05) is 23.0 Å². The van der Waals surface area contributed by atoms with E-state index in [-0.39, 0.29) is 15.8 Å². The van der Waals surface area contributed by atoms with Crippen LogP contribution in [-0.4, -0.2) is 78.4 Å². The first-order chi connectivity index (χ1) is 25.1. The maximum atomic E-state index is 11.8. The molecule has 0 unspecified atom stereocenters. The van der Waals surface area contributed by atoms with Gasteiger partial charge in [-0.25, -0.2) is 16.8 Å². The zero-order valence-corrected chi connectivity index (χ0v) is 38.4. The zero-order chi connectivity index (χ0) is 36.8. The molecule has 4 saturated carbocycles. The molecule has 0 spiro atoms. The Labute approximate surface area is 334 Å². The van der Waals surface area contributed by atoms with E-state index in [2.05, 4.69) is 0 Å². The summed E-state index contributed by atoms with van der Waals surface area (Å²) in [6, 6.07) is 9.89. The summed E-state index contributed by atoms with van der Waals surface area (Å²) in [4.78, 5) is 0. The minimum atomic E-state index is -2.70. The fraction of sp³-hybridized carbons (Fsp3) is 0.829. The molecule has 4 aliphatic carbocycles. The molecule has 300 valence electrons. The van der Waals surface area contributed by atoms with Crippen molar-refractivity contribution in [3.05, 3.63) is 35.9 Å². The molecule has 7 rings (SSSR count). The Morgan fingerprint density at radius 2 is 0.712 bits per heavy atom. The van der Waals surface area contributed by atoms with E-state index in [1.165, 1.54) is 128 Å². The zero-order valence-electron chi connectivity index (χ0n) is 31.7. The van der Waals surface area contributed by atoms with Crippen LogP contribution in [0.3, 0.4) is 0 Å². The third kappa shape index (κ3) is 14.8. The number of sulfone groups is 2. The quantitative estimate of drug-likeness (QED) is 0.202. The van der Waals surface area contributed by atoms with E-state index in [0.717, 1.165) is 65.2 Å². The van der Waals surface area contributed by atoms with E-state index in [0.29, 0.717) is 23.0 Å². The summed E-state index contributed by atoms with van der Waals surface area (Å²) in [7, 11) is 6.09. The summed E-state index contributed by atoms with van der Waals surface area (Å²) in [5, 5.41) is 0. The predicted octanol–water partition coefficient (Wildman–Crippen LogP) is 12.2. The molecule has 1 aromatic rings. The van der Waals surface area contributed by atoms with Crippen LogP contribution in [0.25, 0.3) is 0 Å². The van der Waals surface area contributed by atoms with Crippen LogP contribution in [0, 0.1) is 0 Å². The first-order valence-electron chi connectivity index (χ1n) is 20.9. The van der Waals surface area contributed by atoms with Crippen LogP contribution in [0.4, 0.5) is 0 Å². The van der Waals surface area contributed by atoms with Crippen molar-refractivity contribution in [1.82, 2.24) is 0 Å². The molecule has 11 heteroatoms. The van der Waals surface area contributed by atoms with Gasteiger partial charge in [-0.15, -0.1) is 0 Å². The first kappa shape index (κ1) is 44.2. The Balaban J connectivity index is 0.000000161. The number of hydrogen-bond donors (Lipinski definition) is 0. The first-order valence-corrected chi connectivity index (χ1v) is 33.2. The molecule has 0 N–H and O–H groups in total. The fourth-order valence-electron chi connectivity index (χ4n) is 10.3. The van der Waals surface area contributed by atoms with Crippen molar-refractivity contribution in [3.8, 4) is 0 Å². The molecule has 6 fully saturated rings. The molecule has 0 radical (unpaired) electrons. The molecule has 0 aromatic heterocycles. The van der Waals surface area contributed by atoms with Gasteiger partial charge < -0.3 is 0 Å². The molecular weight excluding hydrogens is 855 g/mol. The van der Waals surface area contributed by atoms with Crippen molar-refractivity contribution in [2.45, 2.75) is 188 Å². The van der Waals surface area contributed by atoms with E-state index in [1.54, 1.807) is 0 Å². The Hall–Kier alpha value is 1.05. The van der Waals surface area contributed by atoms with Gasteiger partial charge in [0, 0.05) is 0 Å². The summed E-state index contributed by atoms with van der Waals surface area (Å²) in [6.45, 7) is 0. The standard InChI is InChI=1S/2C17H31O2PS.C7H6.2ClH.Ru/c2*18-21(19)13-11-17(12-14-21)20(15-7-3-1-4-8-15)16-9-5-2-6-10-16;1-7-5-3-2-4-6-7;;;/h2*15-17H,1-14H2;1-6H;2*1H;/q;;;;;+2/p-2. The molecular formula is C41H68Cl2O4P2RuS2. The molecule has 2 saturated heterocycles. The van der Waals surface area contributed by atoms with Crippen molar-refractivity contribution in [2.24, 2.45) is 0 Å². The van der Waals surface area contributed by atoms with Gasteiger partial charge in [0.1, 0.15) is 19.7 Å². The maximum absolute atomic E-state index is 11.8. The second-order valence-corrected chi connectivity index (χ2v) is 33.0. The van der Waals surface area contributed by atoms with E-state index in [4.69, 9.17) is 19.4 Å². The van der Waals surface area contributed by atoms with Crippen LogP contribution in [0.15, 0.2) is 30.3 Å². The Bertz CT molecular complexity index is 1270. The van der Waals surface area contributed by atoms with Gasteiger partial charge in [-0.05, 0) is 111 Å². The van der Waals surface area contributed by atoms with Gasteiger partial charge in [0.05, 0.1) is 23.0 Å². The Morgan fingerprint density at radius 3 is 0.981 bits per heavy atom. The fourth-order valence-corrected chi connectivity index (χ4v) is 24.9. The van der Waals surface area contributed by atoms with Crippen LogP contribution in [0.5, 0.6) is 0 Å². The summed E-state index contributed by atoms with van der Waals surface area (Å²) in [5.74, 6) is 1.93. The van der Waals surface area contributed by atoms with E-state index in [9.17, 15) is 16.8 Å². The van der Waals surface area contributed by atoms with Gasteiger partial charge in [0.15, 0.2) is 0 Å². The Kier molecular flexibility index (Phi) is 19.4. The average molecular weight is 923 g/mol. The van der Waals surface area contributed by atoms with E-state index >= 15 is 0 Å². The predicted molar refractivity (Wildman–Crippen MR) is 228 cm³/mol. The molecule has 0 atom stereocenters. The second kappa shape index (κ2) is 22.9. The van der Waals surface area contributed by atoms with Crippen LogP contribution in [0.2, 0.25) is 0 Å². The summed E-state index contributed by atoms with van der Waals surface area (Å²) >= 11 is -1.61. The van der Waals surface area contributed by atoms with Gasteiger partial charge in [0.2, 0.25) is 0 Å². The van der Waals surface area contributed by atoms with E-state index < -0.39 is 33.2 Å². The molecule has 0 amide bonds. The van der Waals surface area contributed by atoms with Gasteiger partial charge >= 0.3 is 73.4 Å². The van der Waals surface area contributed by atoms with Crippen LogP contribution < -0.4 is 0 Å². The topological polar surface area (TPSA) is 68.3 Å². The third-order valence-corrected chi connectivity index (χ3v) is 26.3. The third-order valence-electron chi connectivity index (χ3n) is 12.9. The summed E-state index contributed by atoms with van der Waals surface area (Å²) < 4.78 is 49.0. The summed E-state index contributed by atoms with van der Waals surface area (Å²) in [6.07, 6.45) is 32.7. The molecule has 4 nitrogen and oxygen atoms in total. The molecule has 0 bridgehead atoms. The monoisotopic (exact) mass is 922 g/mol. The molecule has 2 heterocycles. The number of halogens is 2. The van der Waals surface area contributed by atoms with Gasteiger partial charge in [0.25, 0.3) is 0 Å². The van der Waals surface area contributed by atoms with Crippen LogP contribution >= 0.6 is 35.2 Å². The summed E-state index contributed by atoms with van der Waals surface area (Å²) in [5.41, 5.74) is 6.56.